The molecule has 0 aliphatic rings. The summed E-state index contributed by atoms with van der Waals surface area (Å²) in [6.45, 7) is 0. The van der Waals surface area contributed by atoms with Crippen LogP contribution in [0.1, 0.15) is 5.56 Å². The van der Waals surface area contributed by atoms with Gasteiger partial charge in [-0.2, -0.15) is 5.10 Å². The molecular formula is C23H16Br2N4O3S. The number of thioether (sulfide) groups is 1. The number of phenols is 1. The van der Waals surface area contributed by atoms with E-state index in [1.54, 1.807) is 42.5 Å². The second kappa shape index (κ2) is 10.3. The Balaban J connectivity index is 1.56. The van der Waals surface area contributed by atoms with E-state index in [-0.39, 0.29) is 23.0 Å². The van der Waals surface area contributed by atoms with Crippen molar-refractivity contribution in [1.82, 2.24) is 15.0 Å². The standard InChI is InChI=1S/C23H16Br2N4O3S/c24-15-5-8-17(9-6-15)29-22(32)18-3-1-2-4-19(18)27-23(29)33-13-21(31)28-26-12-14-11-16(25)7-10-20(14)30/h1-12,30H,13H2,(H,28,31)/b26-12+. The predicted molar refractivity (Wildman–Crippen MR) is 137 cm³/mol. The van der Waals surface area contributed by atoms with Crippen LogP contribution in [0.3, 0.4) is 0 Å². The molecule has 7 nitrogen and oxygen atoms in total. The van der Waals surface area contributed by atoms with Gasteiger partial charge >= 0.3 is 0 Å². The molecule has 0 spiro atoms. The van der Waals surface area contributed by atoms with Crippen LogP contribution in [-0.4, -0.2) is 32.5 Å². The Morgan fingerprint density at radius 2 is 1.82 bits per heavy atom. The molecule has 0 saturated heterocycles. The Bertz CT molecular complexity index is 1420. The molecule has 1 aromatic heterocycles. The van der Waals surface area contributed by atoms with Crippen LogP contribution in [0, 0.1) is 0 Å². The molecule has 0 bridgehead atoms. The Hall–Kier alpha value is -2.95. The fourth-order valence-electron chi connectivity index (χ4n) is 2.99. The predicted octanol–water partition coefficient (Wildman–Crippen LogP) is 4.86. The zero-order valence-electron chi connectivity index (χ0n) is 16.9. The Kier molecular flexibility index (Phi) is 7.26. The lowest BCUT2D eigenvalue weighted by Crippen LogP contribution is -2.24. The van der Waals surface area contributed by atoms with E-state index in [0.717, 1.165) is 20.7 Å². The third-order valence-electron chi connectivity index (χ3n) is 4.54. The minimum absolute atomic E-state index is 0.0108. The normalized spacial score (nSPS) is 11.2. The Morgan fingerprint density at radius 1 is 1.09 bits per heavy atom. The maximum Gasteiger partial charge on any atom is 0.266 e. The van der Waals surface area contributed by atoms with Gasteiger partial charge in [-0.3, -0.25) is 14.2 Å². The van der Waals surface area contributed by atoms with Gasteiger partial charge in [0.15, 0.2) is 5.16 Å². The summed E-state index contributed by atoms with van der Waals surface area (Å²) in [5.41, 5.74) is 3.87. The molecule has 0 aliphatic heterocycles. The highest BCUT2D eigenvalue weighted by molar-refractivity contribution is 9.10. The summed E-state index contributed by atoms with van der Waals surface area (Å²) in [4.78, 5) is 30.2. The number of amides is 1. The second-order valence-electron chi connectivity index (χ2n) is 6.81. The van der Waals surface area contributed by atoms with E-state index in [4.69, 9.17) is 0 Å². The van der Waals surface area contributed by atoms with Crippen molar-refractivity contribution < 1.29 is 9.90 Å². The van der Waals surface area contributed by atoms with Gasteiger partial charge in [-0.25, -0.2) is 10.4 Å². The van der Waals surface area contributed by atoms with E-state index < -0.39 is 0 Å². The van der Waals surface area contributed by atoms with Crippen LogP contribution in [0.25, 0.3) is 16.6 Å². The van der Waals surface area contributed by atoms with Gasteiger partial charge in [0.1, 0.15) is 5.75 Å². The fraction of sp³-hybridized carbons (Fsp3) is 0.0435. The van der Waals surface area contributed by atoms with Crippen LogP contribution >= 0.6 is 43.6 Å². The number of aromatic nitrogens is 2. The number of halogens is 2. The van der Waals surface area contributed by atoms with Crippen LogP contribution in [0.5, 0.6) is 5.75 Å². The SMILES string of the molecule is O=C(CSc1nc2ccccc2c(=O)n1-c1ccc(Br)cc1)N/N=C/c1cc(Br)ccc1O. The van der Waals surface area contributed by atoms with E-state index in [0.29, 0.717) is 27.3 Å². The number of hydrazone groups is 1. The monoisotopic (exact) mass is 586 g/mol. The van der Waals surface area contributed by atoms with E-state index in [1.165, 1.54) is 16.8 Å². The summed E-state index contributed by atoms with van der Waals surface area (Å²) in [6.07, 6.45) is 1.36. The molecule has 2 N–H and O–H groups in total. The first-order chi connectivity index (χ1) is 15.9. The van der Waals surface area contributed by atoms with E-state index in [1.807, 2.05) is 18.2 Å². The number of nitrogens with one attached hydrogen (secondary N) is 1. The van der Waals surface area contributed by atoms with Crippen LogP contribution in [0.4, 0.5) is 0 Å². The van der Waals surface area contributed by atoms with Crippen molar-refractivity contribution in [1.29, 1.82) is 0 Å². The largest absolute Gasteiger partial charge is 0.507 e. The van der Waals surface area contributed by atoms with Gasteiger partial charge in [0.2, 0.25) is 0 Å². The zero-order chi connectivity index (χ0) is 23.4. The lowest BCUT2D eigenvalue weighted by molar-refractivity contribution is -0.118. The van der Waals surface area contributed by atoms with Crippen LogP contribution in [0.15, 0.2) is 90.7 Å². The number of hydrogen-bond acceptors (Lipinski definition) is 6. The first-order valence-corrected chi connectivity index (χ1v) is 12.2. The average molecular weight is 588 g/mol. The van der Waals surface area contributed by atoms with Crippen molar-refractivity contribution >= 4 is 66.6 Å². The molecule has 0 radical (unpaired) electrons. The summed E-state index contributed by atoms with van der Waals surface area (Å²) >= 11 is 7.85. The number of nitrogens with zero attached hydrogens (tertiary/aromatic N) is 3. The van der Waals surface area contributed by atoms with Crippen molar-refractivity contribution in [2.24, 2.45) is 5.10 Å². The summed E-state index contributed by atoms with van der Waals surface area (Å²) in [6, 6.07) is 19.3. The summed E-state index contributed by atoms with van der Waals surface area (Å²) in [5, 5.41) is 14.6. The first-order valence-electron chi connectivity index (χ1n) is 9.63. The van der Waals surface area contributed by atoms with Crippen molar-refractivity contribution in [3.05, 3.63) is 91.6 Å². The third-order valence-corrected chi connectivity index (χ3v) is 6.51. The lowest BCUT2D eigenvalue weighted by Gasteiger charge is -2.13. The van der Waals surface area contributed by atoms with Gasteiger partial charge in [0.25, 0.3) is 11.5 Å². The average Bonchev–Trinajstić information content (AvgIpc) is 2.81. The molecule has 166 valence electrons. The van der Waals surface area contributed by atoms with Crippen molar-refractivity contribution in [3.8, 4) is 11.4 Å². The molecule has 1 amide bonds. The maximum atomic E-state index is 13.2. The highest BCUT2D eigenvalue weighted by Gasteiger charge is 2.14. The number of hydrogen-bond donors (Lipinski definition) is 2. The molecule has 1 heterocycles. The number of aromatic hydroxyl groups is 1. The minimum Gasteiger partial charge on any atom is -0.507 e. The molecule has 0 saturated carbocycles. The number of phenolic OH excluding ortho intramolecular Hbond substituents is 1. The van der Waals surface area contributed by atoms with Crippen molar-refractivity contribution in [2.45, 2.75) is 5.16 Å². The number of carbonyl (C=O) groups excluding carboxylic acids is 1. The molecule has 4 aromatic rings. The molecule has 0 fully saturated rings. The molecule has 0 atom stereocenters. The smallest absolute Gasteiger partial charge is 0.266 e. The topological polar surface area (TPSA) is 96.6 Å². The number of fused-ring (bicyclic) bond motifs is 1. The Morgan fingerprint density at radius 3 is 2.61 bits per heavy atom. The molecule has 10 heteroatoms. The molecule has 3 aromatic carbocycles. The van der Waals surface area contributed by atoms with Crippen molar-refractivity contribution in [3.63, 3.8) is 0 Å². The molecule has 0 aliphatic carbocycles. The van der Waals surface area contributed by atoms with Crippen LogP contribution in [0.2, 0.25) is 0 Å². The van der Waals surface area contributed by atoms with Gasteiger partial charge in [0.05, 0.1) is 28.6 Å². The quantitative estimate of drug-likeness (QED) is 0.145. The summed E-state index contributed by atoms with van der Waals surface area (Å²) < 4.78 is 3.16. The number of benzene rings is 3. The fourth-order valence-corrected chi connectivity index (χ4v) is 4.44. The minimum atomic E-state index is -0.379. The van der Waals surface area contributed by atoms with E-state index >= 15 is 0 Å². The van der Waals surface area contributed by atoms with Crippen LogP contribution in [-0.2, 0) is 4.79 Å². The maximum absolute atomic E-state index is 13.2. The van der Waals surface area contributed by atoms with Gasteiger partial charge in [-0.05, 0) is 54.6 Å². The highest BCUT2D eigenvalue weighted by atomic mass is 79.9. The second-order valence-corrected chi connectivity index (χ2v) is 9.59. The third kappa shape index (κ3) is 5.52. The molecule has 4 rings (SSSR count). The summed E-state index contributed by atoms with van der Waals surface area (Å²) in [7, 11) is 0. The van der Waals surface area contributed by atoms with Crippen molar-refractivity contribution in [2.75, 3.05) is 5.75 Å². The molecular weight excluding hydrogens is 572 g/mol. The Labute approximate surface area is 209 Å². The van der Waals surface area contributed by atoms with E-state index in [2.05, 4.69) is 47.4 Å². The van der Waals surface area contributed by atoms with Gasteiger partial charge in [-0.15, -0.1) is 0 Å². The number of para-hydroxylation sites is 1. The first kappa shape index (κ1) is 23.2. The number of rotatable bonds is 6. The number of carbonyl (C=O) groups is 1. The molecule has 33 heavy (non-hydrogen) atoms. The van der Waals surface area contributed by atoms with Gasteiger partial charge < -0.3 is 5.11 Å². The zero-order valence-corrected chi connectivity index (χ0v) is 20.9. The van der Waals surface area contributed by atoms with E-state index in [9.17, 15) is 14.7 Å². The van der Waals surface area contributed by atoms with Gasteiger partial charge in [-0.1, -0.05) is 55.8 Å². The van der Waals surface area contributed by atoms with Crippen LogP contribution < -0.4 is 11.0 Å². The highest BCUT2D eigenvalue weighted by Crippen LogP contribution is 2.23. The lowest BCUT2D eigenvalue weighted by atomic mass is 10.2. The summed E-state index contributed by atoms with van der Waals surface area (Å²) in [5.74, 6) is -0.344. The van der Waals surface area contributed by atoms with Gasteiger partial charge in [0, 0.05) is 14.5 Å². The molecule has 0 unspecified atom stereocenters.